The van der Waals surface area contributed by atoms with Crippen molar-refractivity contribution in [3.8, 4) is 5.75 Å². The van der Waals surface area contributed by atoms with Crippen LogP contribution in [0.1, 0.15) is 16.7 Å². The van der Waals surface area contributed by atoms with Crippen LogP contribution in [0.15, 0.2) is 80.3 Å². The topological polar surface area (TPSA) is 91.0 Å². The van der Waals surface area contributed by atoms with Crippen LogP contribution in [0.2, 0.25) is 0 Å². The lowest BCUT2D eigenvalue weighted by Crippen LogP contribution is -2.05. The van der Waals surface area contributed by atoms with Gasteiger partial charge >= 0.3 is 5.97 Å². The zero-order valence-electron chi connectivity index (χ0n) is 16.6. The van der Waals surface area contributed by atoms with Gasteiger partial charge in [-0.05, 0) is 96.4 Å². The molecule has 0 saturated heterocycles. The van der Waals surface area contributed by atoms with Gasteiger partial charge < -0.3 is 9.47 Å². The largest absolute Gasteiger partial charge is 0.486 e. The van der Waals surface area contributed by atoms with Gasteiger partial charge in [0.15, 0.2) is 5.70 Å². The van der Waals surface area contributed by atoms with Gasteiger partial charge in [-0.1, -0.05) is 18.2 Å². The van der Waals surface area contributed by atoms with Crippen molar-refractivity contribution in [2.24, 2.45) is 4.99 Å². The van der Waals surface area contributed by atoms with E-state index in [1.165, 1.54) is 24.3 Å². The van der Waals surface area contributed by atoms with Crippen molar-refractivity contribution in [2.75, 3.05) is 0 Å². The molecular weight excluding hydrogens is 671 g/mol. The minimum Gasteiger partial charge on any atom is -0.486 e. The molecule has 7 nitrogen and oxygen atoms in total. The number of carbonyl (C=O) groups excluding carboxylic acids is 1. The molecule has 0 amide bonds. The number of halogens is 3. The smallest absolute Gasteiger partial charge is 0.363 e. The first-order valence-corrected chi connectivity index (χ1v) is 12.1. The first kappa shape index (κ1) is 23.6. The Labute approximate surface area is 219 Å². The van der Waals surface area contributed by atoms with Crippen molar-refractivity contribution in [3.05, 3.63) is 106 Å². The van der Waals surface area contributed by atoms with Crippen molar-refractivity contribution >= 4 is 78.1 Å². The summed E-state index contributed by atoms with van der Waals surface area (Å²) in [7, 11) is 0. The third-order valence-corrected chi connectivity index (χ3v) is 6.83. The second-order valence-corrected chi connectivity index (χ2v) is 9.70. The summed E-state index contributed by atoms with van der Waals surface area (Å²) in [5, 5.41) is 10.8. The summed E-state index contributed by atoms with van der Waals surface area (Å²) in [4.78, 5) is 26.9. The Morgan fingerprint density at radius 2 is 1.76 bits per heavy atom. The van der Waals surface area contributed by atoms with Crippen LogP contribution < -0.4 is 4.74 Å². The Bertz CT molecular complexity index is 1300. The number of nitro groups is 1. The molecule has 0 radical (unpaired) electrons. The van der Waals surface area contributed by atoms with Crippen molar-refractivity contribution < 1.29 is 19.2 Å². The number of rotatable bonds is 6. The number of aliphatic imine (C=N–C) groups is 1. The number of benzene rings is 3. The predicted molar refractivity (Wildman–Crippen MR) is 139 cm³/mol. The van der Waals surface area contributed by atoms with Crippen LogP contribution in [-0.4, -0.2) is 16.8 Å². The molecule has 4 rings (SSSR count). The van der Waals surface area contributed by atoms with Gasteiger partial charge in [-0.2, -0.15) is 0 Å². The van der Waals surface area contributed by atoms with Crippen LogP contribution >= 0.6 is 54.5 Å². The van der Waals surface area contributed by atoms with Crippen LogP contribution in [0.3, 0.4) is 0 Å². The van der Waals surface area contributed by atoms with Crippen molar-refractivity contribution in [1.29, 1.82) is 0 Å². The second kappa shape index (κ2) is 10.1. The molecule has 0 saturated carbocycles. The van der Waals surface area contributed by atoms with E-state index in [-0.39, 0.29) is 17.3 Å². The van der Waals surface area contributed by atoms with E-state index in [2.05, 4.69) is 59.4 Å². The fourth-order valence-electron chi connectivity index (χ4n) is 2.98. The molecule has 0 N–H and O–H groups in total. The highest BCUT2D eigenvalue weighted by atomic mass is 127. The molecule has 0 atom stereocenters. The highest BCUT2D eigenvalue weighted by Gasteiger charge is 2.25. The zero-order chi connectivity index (χ0) is 23.5. The molecular formula is C23H13Br2IN2O5. The molecule has 3 aromatic rings. The van der Waals surface area contributed by atoms with Gasteiger partial charge in [0, 0.05) is 26.8 Å². The quantitative estimate of drug-likeness (QED) is 0.0955. The van der Waals surface area contributed by atoms with Crippen LogP contribution in [0.25, 0.3) is 6.08 Å². The molecule has 0 spiro atoms. The molecule has 1 aliphatic rings. The summed E-state index contributed by atoms with van der Waals surface area (Å²) in [5.74, 6) is 0.132. The number of cyclic esters (lactones) is 1. The normalized spacial score (nSPS) is 14.2. The molecule has 166 valence electrons. The minimum atomic E-state index is -0.602. The van der Waals surface area contributed by atoms with Crippen molar-refractivity contribution in [1.82, 2.24) is 0 Å². The molecule has 0 aromatic heterocycles. The number of hydrogen-bond donors (Lipinski definition) is 0. The maximum absolute atomic E-state index is 12.3. The van der Waals surface area contributed by atoms with E-state index in [9.17, 15) is 14.9 Å². The van der Waals surface area contributed by atoms with Gasteiger partial charge in [0.2, 0.25) is 5.90 Å². The molecule has 1 heterocycles. The minimum absolute atomic E-state index is 0.0570. The lowest BCUT2D eigenvalue weighted by atomic mass is 10.2. The molecule has 0 bridgehead atoms. The lowest BCUT2D eigenvalue weighted by Gasteiger charge is -2.12. The van der Waals surface area contributed by atoms with Gasteiger partial charge in [-0.15, -0.1) is 0 Å². The Kier molecular flexibility index (Phi) is 7.25. The third-order valence-electron chi connectivity index (χ3n) is 4.60. The van der Waals surface area contributed by atoms with Gasteiger partial charge in [-0.25, -0.2) is 9.79 Å². The fourth-order valence-corrected chi connectivity index (χ4v) is 4.98. The number of ether oxygens (including phenoxy) is 2. The van der Waals surface area contributed by atoms with Crippen molar-refractivity contribution in [3.63, 3.8) is 0 Å². The SMILES string of the molecule is O=C1OC(c2ccc([N+](=O)[O-])cc2)=N/C1=C\c1cc(Br)c(OCc2ccccc2I)c(Br)c1. The van der Waals surface area contributed by atoms with Gasteiger partial charge in [0.25, 0.3) is 5.69 Å². The number of non-ortho nitro benzene ring substituents is 1. The lowest BCUT2D eigenvalue weighted by molar-refractivity contribution is -0.384. The Morgan fingerprint density at radius 1 is 1.09 bits per heavy atom. The summed E-state index contributed by atoms with van der Waals surface area (Å²) in [5.41, 5.74) is 2.31. The van der Waals surface area contributed by atoms with E-state index in [1.54, 1.807) is 6.08 Å². The van der Waals surface area contributed by atoms with E-state index in [0.717, 1.165) is 9.13 Å². The summed E-state index contributed by atoms with van der Waals surface area (Å²) in [6.45, 7) is 0.409. The van der Waals surface area contributed by atoms with Crippen LogP contribution in [-0.2, 0) is 16.1 Å². The zero-order valence-corrected chi connectivity index (χ0v) is 22.0. The van der Waals surface area contributed by atoms with Crippen molar-refractivity contribution in [2.45, 2.75) is 6.61 Å². The molecule has 33 heavy (non-hydrogen) atoms. The molecule has 0 fully saturated rings. The molecule has 1 aliphatic heterocycles. The number of esters is 1. The van der Waals surface area contributed by atoms with Gasteiger partial charge in [-0.3, -0.25) is 10.1 Å². The van der Waals surface area contributed by atoms with E-state index in [0.29, 0.717) is 32.4 Å². The monoisotopic (exact) mass is 682 g/mol. The summed E-state index contributed by atoms with van der Waals surface area (Å²) in [6, 6.07) is 17.2. The van der Waals surface area contributed by atoms with Crippen LogP contribution in [0, 0.1) is 13.7 Å². The van der Waals surface area contributed by atoms with Gasteiger partial charge in [0.05, 0.1) is 13.9 Å². The maximum atomic E-state index is 12.3. The highest BCUT2D eigenvalue weighted by molar-refractivity contribution is 14.1. The Morgan fingerprint density at radius 3 is 2.39 bits per heavy atom. The third kappa shape index (κ3) is 5.50. The highest BCUT2D eigenvalue weighted by Crippen LogP contribution is 2.36. The fraction of sp³-hybridized carbons (Fsp3) is 0.0435. The number of nitro benzene ring substituents is 1. The van der Waals surface area contributed by atoms with E-state index in [4.69, 9.17) is 9.47 Å². The molecule has 0 unspecified atom stereocenters. The predicted octanol–water partition coefficient (Wildman–Crippen LogP) is 6.65. The summed E-state index contributed by atoms with van der Waals surface area (Å²) in [6.07, 6.45) is 1.60. The number of nitrogens with zero attached hydrogens (tertiary/aromatic N) is 2. The Hall–Kier alpha value is -2.57. The summed E-state index contributed by atoms with van der Waals surface area (Å²) < 4.78 is 13.8. The maximum Gasteiger partial charge on any atom is 0.363 e. The number of hydrogen-bond acceptors (Lipinski definition) is 6. The molecule has 0 aliphatic carbocycles. The average molecular weight is 684 g/mol. The van der Waals surface area contributed by atoms with E-state index < -0.39 is 10.9 Å². The first-order valence-electron chi connectivity index (χ1n) is 9.44. The first-order chi connectivity index (χ1) is 15.8. The molecule has 10 heteroatoms. The van der Waals surface area contributed by atoms with Crippen LogP contribution in [0.5, 0.6) is 5.75 Å². The Balaban J connectivity index is 1.55. The van der Waals surface area contributed by atoms with Gasteiger partial charge in [0.1, 0.15) is 12.4 Å². The standard InChI is InChI=1S/C23H13Br2IN2O5/c24-17-9-13(10-18(25)21(17)32-12-15-3-1-2-4-19(15)26)11-20-23(29)33-22(27-20)14-5-7-16(8-6-14)28(30)31/h1-11H,12H2/b20-11-. The number of carbonyl (C=O) groups is 1. The molecule has 3 aromatic carbocycles. The average Bonchev–Trinajstić information content (AvgIpc) is 3.14. The van der Waals surface area contributed by atoms with E-state index >= 15 is 0 Å². The summed E-state index contributed by atoms with van der Waals surface area (Å²) >= 11 is 9.32. The van der Waals surface area contributed by atoms with Crippen LogP contribution in [0.4, 0.5) is 5.69 Å². The van der Waals surface area contributed by atoms with E-state index in [1.807, 2.05) is 36.4 Å². The second-order valence-electron chi connectivity index (χ2n) is 6.83.